The lowest BCUT2D eigenvalue weighted by atomic mass is 10.1. The van der Waals surface area contributed by atoms with E-state index in [0.717, 1.165) is 17.2 Å². The molecule has 0 unspecified atom stereocenters. The molecule has 0 fully saturated rings. The third-order valence-corrected chi connectivity index (χ3v) is 4.71. The van der Waals surface area contributed by atoms with Gasteiger partial charge in [-0.2, -0.15) is 0 Å². The van der Waals surface area contributed by atoms with Gasteiger partial charge < -0.3 is 0 Å². The van der Waals surface area contributed by atoms with E-state index in [1.54, 1.807) is 6.07 Å². The van der Waals surface area contributed by atoms with Crippen LogP contribution in [0.2, 0.25) is 0 Å². The summed E-state index contributed by atoms with van der Waals surface area (Å²) in [4.78, 5) is 23.6. The van der Waals surface area contributed by atoms with E-state index in [1.807, 2.05) is 35.4 Å². The molecule has 0 bridgehead atoms. The molecule has 0 atom stereocenters. The number of hydrazine groups is 1. The number of nitrogens with zero attached hydrogens (tertiary/aromatic N) is 1. The number of hydrogen-bond acceptors (Lipinski definition) is 5. The Bertz CT molecular complexity index is 984. The van der Waals surface area contributed by atoms with Crippen LogP contribution in [0.25, 0.3) is 6.08 Å². The summed E-state index contributed by atoms with van der Waals surface area (Å²) >= 11 is 0. The van der Waals surface area contributed by atoms with Crippen LogP contribution in [-0.4, -0.2) is 19.2 Å². The van der Waals surface area contributed by atoms with E-state index < -0.39 is 20.9 Å². The monoisotopic (exact) mass is 375 g/mol. The summed E-state index contributed by atoms with van der Waals surface area (Å²) in [6.07, 6.45) is 2.71. The number of sulfonamides is 1. The quantitative estimate of drug-likeness (QED) is 0.456. The highest BCUT2D eigenvalue weighted by Gasteiger charge is 2.20. The molecular formula is C17H17N3O5S. The van der Waals surface area contributed by atoms with Gasteiger partial charge >= 0.3 is 0 Å². The first-order valence-corrected chi connectivity index (χ1v) is 8.99. The van der Waals surface area contributed by atoms with Crippen molar-refractivity contribution < 1.29 is 18.1 Å². The lowest BCUT2D eigenvalue weighted by Crippen LogP contribution is -2.40. The molecule has 26 heavy (non-hydrogen) atoms. The van der Waals surface area contributed by atoms with Gasteiger partial charge in [0.25, 0.3) is 21.6 Å². The van der Waals surface area contributed by atoms with E-state index in [-0.39, 0.29) is 10.6 Å². The Morgan fingerprint density at radius 3 is 2.54 bits per heavy atom. The molecule has 2 aromatic rings. The number of nitrogens with one attached hydrogen (secondary N) is 2. The smallest absolute Gasteiger partial charge is 0.273 e. The van der Waals surface area contributed by atoms with Crippen LogP contribution in [0.3, 0.4) is 0 Å². The number of carbonyl (C=O) groups excluding carboxylic acids is 1. The maximum Gasteiger partial charge on any atom is 0.273 e. The van der Waals surface area contributed by atoms with Gasteiger partial charge in [-0.1, -0.05) is 35.9 Å². The number of amides is 1. The first-order valence-electron chi connectivity index (χ1n) is 7.50. The molecule has 0 aromatic heterocycles. The summed E-state index contributed by atoms with van der Waals surface area (Å²) in [6, 6.07) is 10.9. The van der Waals surface area contributed by atoms with Crippen molar-refractivity contribution in [1.82, 2.24) is 10.3 Å². The van der Waals surface area contributed by atoms with E-state index in [2.05, 4.69) is 0 Å². The van der Waals surface area contributed by atoms with E-state index in [4.69, 9.17) is 0 Å². The number of nitro groups is 1. The molecule has 2 aromatic carbocycles. The van der Waals surface area contributed by atoms with Gasteiger partial charge in [-0.25, -0.2) is 8.42 Å². The van der Waals surface area contributed by atoms with Crippen LogP contribution < -0.4 is 10.3 Å². The normalized spacial score (nSPS) is 11.5. The van der Waals surface area contributed by atoms with Gasteiger partial charge in [0, 0.05) is 17.7 Å². The minimum Gasteiger partial charge on any atom is -0.274 e. The molecule has 1 amide bonds. The predicted octanol–water partition coefficient (Wildman–Crippen LogP) is 2.23. The number of rotatable bonds is 6. The SMILES string of the molecule is Cc1cccc(/C=C/C(=O)NNS(=O)(=O)c2ccc(C)c([N+](=O)[O-])c2)c1. The second-order valence-corrected chi connectivity index (χ2v) is 7.23. The Labute approximate surface area is 150 Å². The van der Waals surface area contributed by atoms with Gasteiger partial charge in [0.2, 0.25) is 0 Å². The zero-order chi connectivity index (χ0) is 19.3. The fourth-order valence-corrected chi connectivity index (χ4v) is 2.98. The molecule has 0 heterocycles. The van der Waals surface area contributed by atoms with Gasteiger partial charge in [0.05, 0.1) is 9.82 Å². The number of benzene rings is 2. The van der Waals surface area contributed by atoms with Crippen molar-refractivity contribution in [2.24, 2.45) is 0 Å². The van der Waals surface area contributed by atoms with Gasteiger partial charge in [0.15, 0.2) is 0 Å². The van der Waals surface area contributed by atoms with Crippen LogP contribution in [0.1, 0.15) is 16.7 Å². The van der Waals surface area contributed by atoms with Crippen LogP contribution in [0.5, 0.6) is 0 Å². The topological polar surface area (TPSA) is 118 Å². The molecule has 0 aliphatic rings. The molecule has 0 saturated heterocycles. The fraction of sp³-hybridized carbons (Fsp3) is 0.118. The predicted molar refractivity (Wildman–Crippen MR) is 96.5 cm³/mol. The van der Waals surface area contributed by atoms with Gasteiger partial charge in [0.1, 0.15) is 0 Å². The summed E-state index contributed by atoms with van der Waals surface area (Å²) < 4.78 is 24.3. The van der Waals surface area contributed by atoms with Gasteiger partial charge in [-0.05, 0) is 31.6 Å². The molecule has 136 valence electrons. The average molecular weight is 375 g/mol. The van der Waals surface area contributed by atoms with Crippen molar-refractivity contribution in [3.8, 4) is 0 Å². The van der Waals surface area contributed by atoms with Crippen molar-refractivity contribution in [3.63, 3.8) is 0 Å². The highest BCUT2D eigenvalue weighted by Crippen LogP contribution is 2.21. The van der Waals surface area contributed by atoms with Crippen LogP contribution in [0, 0.1) is 24.0 Å². The summed E-state index contributed by atoms with van der Waals surface area (Å²) in [5, 5.41) is 10.9. The molecule has 8 nitrogen and oxygen atoms in total. The lowest BCUT2D eigenvalue weighted by Gasteiger charge is -2.07. The van der Waals surface area contributed by atoms with Crippen LogP contribution >= 0.6 is 0 Å². The molecule has 2 N–H and O–H groups in total. The summed E-state index contributed by atoms with van der Waals surface area (Å²) in [5.41, 5.74) is 3.86. The minimum atomic E-state index is -4.14. The second-order valence-electron chi connectivity index (χ2n) is 5.55. The Balaban J connectivity index is 2.07. The zero-order valence-corrected chi connectivity index (χ0v) is 14.9. The number of carbonyl (C=O) groups is 1. The molecule has 0 aliphatic heterocycles. The first-order chi connectivity index (χ1) is 12.2. The van der Waals surface area contributed by atoms with Gasteiger partial charge in [-0.15, -0.1) is 4.83 Å². The Morgan fingerprint density at radius 1 is 1.15 bits per heavy atom. The number of nitro benzene ring substituents is 1. The van der Waals surface area contributed by atoms with Crippen LogP contribution in [-0.2, 0) is 14.8 Å². The van der Waals surface area contributed by atoms with Crippen molar-refractivity contribution in [2.45, 2.75) is 18.7 Å². The van der Waals surface area contributed by atoms with Gasteiger partial charge in [-0.3, -0.25) is 20.3 Å². The minimum absolute atomic E-state index is 0.321. The van der Waals surface area contributed by atoms with Crippen molar-refractivity contribution in [3.05, 3.63) is 75.3 Å². The molecule has 9 heteroatoms. The molecule has 2 rings (SSSR count). The van der Waals surface area contributed by atoms with E-state index >= 15 is 0 Å². The second kappa shape index (κ2) is 7.89. The average Bonchev–Trinajstić information content (AvgIpc) is 2.58. The molecule has 0 saturated carbocycles. The van der Waals surface area contributed by atoms with E-state index in [1.165, 1.54) is 31.2 Å². The third-order valence-electron chi connectivity index (χ3n) is 3.47. The van der Waals surface area contributed by atoms with Crippen LogP contribution in [0.4, 0.5) is 5.69 Å². The van der Waals surface area contributed by atoms with E-state index in [9.17, 15) is 23.3 Å². The summed E-state index contributed by atoms with van der Waals surface area (Å²) in [7, 11) is -4.14. The molecule has 0 radical (unpaired) electrons. The maximum atomic E-state index is 12.2. The number of hydrogen-bond donors (Lipinski definition) is 2. The standard InChI is InChI=1S/C17H17N3O5S/c1-12-4-3-5-14(10-12)7-9-17(21)18-19-26(24,25)15-8-6-13(2)16(11-15)20(22)23/h3-11,19H,1-2H3,(H,18,21)/b9-7+. The first kappa shape index (κ1) is 19.3. The van der Waals surface area contributed by atoms with E-state index in [0.29, 0.717) is 5.56 Å². The fourth-order valence-electron chi connectivity index (χ4n) is 2.12. The molecule has 0 spiro atoms. The van der Waals surface area contributed by atoms with Crippen molar-refractivity contribution in [2.75, 3.05) is 0 Å². The largest absolute Gasteiger partial charge is 0.274 e. The molecular weight excluding hydrogens is 358 g/mol. The summed E-state index contributed by atoms with van der Waals surface area (Å²) in [6.45, 7) is 3.41. The summed E-state index contributed by atoms with van der Waals surface area (Å²) in [5.74, 6) is -0.684. The lowest BCUT2D eigenvalue weighted by molar-refractivity contribution is -0.385. The van der Waals surface area contributed by atoms with Crippen LogP contribution in [0.15, 0.2) is 53.4 Å². The Kier molecular flexibility index (Phi) is 5.86. The highest BCUT2D eigenvalue weighted by atomic mass is 32.2. The Morgan fingerprint density at radius 2 is 1.88 bits per heavy atom. The number of aryl methyl sites for hydroxylation is 2. The zero-order valence-electron chi connectivity index (χ0n) is 14.1. The van der Waals surface area contributed by atoms with Crippen molar-refractivity contribution >= 4 is 27.7 Å². The Hall–Kier alpha value is -3.04. The molecule has 0 aliphatic carbocycles. The van der Waals surface area contributed by atoms with Crippen molar-refractivity contribution in [1.29, 1.82) is 0 Å². The maximum absolute atomic E-state index is 12.2. The highest BCUT2D eigenvalue weighted by molar-refractivity contribution is 7.89. The third kappa shape index (κ3) is 4.98.